The van der Waals surface area contributed by atoms with E-state index in [2.05, 4.69) is 14.8 Å². The molecule has 3 N–H and O–H groups in total. The van der Waals surface area contributed by atoms with Crippen LogP contribution in [-0.4, -0.2) is 43.1 Å². The van der Waals surface area contributed by atoms with E-state index in [1.165, 1.54) is 25.9 Å². The number of likely N-dealkylation sites (tertiary alicyclic amines) is 1. The van der Waals surface area contributed by atoms with Crippen molar-refractivity contribution in [2.45, 2.75) is 12.8 Å². The Morgan fingerprint density at radius 2 is 2.15 bits per heavy atom. The van der Waals surface area contributed by atoms with Crippen LogP contribution < -0.4 is 16.4 Å². The van der Waals surface area contributed by atoms with Gasteiger partial charge < -0.3 is 20.0 Å². The Labute approximate surface area is 117 Å². The molecule has 0 spiro atoms. The molecule has 0 aliphatic carbocycles. The standard InChI is InChI=1S/C14H20N4O2/c1-17(6-7-18-4-2-3-5-18)12-9-11-13(8-10(12)15)20-14(19)16-11/h8-9H,2-7,15H2,1H3,(H,16,19). The summed E-state index contributed by atoms with van der Waals surface area (Å²) in [6.45, 7) is 4.34. The molecule has 1 aromatic heterocycles. The van der Waals surface area contributed by atoms with E-state index in [4.69, 9.17) is 10.2 Å². The van der Waals surface area contributed by atoms with Gasteiger partial charge in [-0.25, -0.2) is 4.79 Å². The summed E-state index contributed by atoms with van der Waals surface area (Å²) in [4.78, 5) is 18.4. The van der Waals surface area contributed by atoms with Gasteiger partial charge in [0.15, 0.2) is 5.58 Å². The van der Waals surface area contributed by atoms with Crippen LogP contribution in [0.25, 0.3) is 11.1 Å². The van der Waals surface area contributed by atoms with E-state index in [9.17, 15) is 4.79 Å². The number of aromatic nitrogens is 1. The van der Waals surface area contributed by atoms with E-state index in [0.29, 0.717) is 16.8 Å². The van der Waals surface area contributed by atoms with Crippen molar-refractivity contribution in [3.05, 3.63) is 22.7 Å². The zero-order valence-corrected chi connectivity index (χ0v) is 11.7. The average molecular weight is 276 g/mol. The molecule has 0 saturated carbocycles. The third-order valence-electron chi connectivity index (χ3n) is 3.93. The summed E-state index contributed by atoms with van der Waals surface area (Å²) in [7, 11) is 2.02. The fraction of sp³-hybridized carbons (Fsp3) is 0.500. The maximum absolute atomic E-state index is 11.2. The zero-order valence-electron chi connectivity index (χ0n) is 11.7. The lowest BCUT2D eigenvalue weighted by atomic mass is 10.2. The molecule has 0 unspecified atom stereocenters. The number of H-pyrrole nitrogens is 1. The third-order valence-corrected chi connectivity index (χ3v) is 3.93. The number of nitrogen functional groups attached to an aromatic ring is 1. The van der Waals surface area contributed by atoms with Gasteiger partial charge in [-0.15, -0.1) is 0 Å². The van der Waals surface area contributed by atoms with E-state index >= 15 is 0 Å². The lowest BCUT2D eigenvalue weighted by Crippen LogP contribution is -2.31. The SMILES string of the molecule is CN(CCN1CCCC1)c1cc2[nH]c(=O)oc2cc1N. The van der Waals surface area contributed by atoms with Gasteiger partial charge in [-0.2, -0.15) is 0 Å². The molecule has 1 aromatic carbocycles. The molecule has 6 nitrogen and oxygen atoms in total. The van der Waals surface area contributed by atoms with Crippen molar-refractivity contribution in [1.29, 1.82) is 0 Å². The maximum Gasteiger partial charge on any atom is 0.417 e. The molecular formula is C14H20N4O2. The average Bonchev–Trinajstić information content (AvgIpc) is 3.03. The molecule has 20 heavy (non-hydrogen) atoms. The Bertz CT molecular complexity index is 655. The van der Waals surface area contributed by atoms with Crippen LogP contribution in [0.4, 0.5) is 11.4 Å². The highest BCUT2D eigenvalue weighted by Gasteiger charge is 2.14. The highest BCUT2D eigenvalue weighted by molar-refractivity contribution is 5.85. The number of nitrogens with one attached hydrogen (secondary N) is 1. The molecule has 2 aromatic rings. The van der Waals surface area contributed by atoms with Crippen molar-refractivity contribution in [1.82, 2.24) is 9.88 Å². The lowest BCUT2D eigenvalue weighted by Gasteiger charge is -2.24. The lowest BCUT2D eigenvalue weighted by molar-refractivity contribution is 0.347. The van der Waals surface area contributed by atoms with Crippen LogP contribution in [-0.2, 0) is 0 Å². The fourth-order valence-corrected chi connectivity index (χ4v) is 2.75. The fourth-order valence-electron chi connectivity index (χ4n) is 2.75. The molecule has 0 bridgehead atoms. The van der Waals surface area contributed by atoms with Gasteiger partial charge in [-0.05, 0) is 32.0 Å². The minimum absolute atomic E-state index is 0.448. The summed E-state index contributed by atoms with van der Waals surface area (Å²) in [6, 6.07) is 3.58. The molecule has 0 radical (unpaired) electrons. The van der Waals surface area contributed by atoms with Gasteiger partial charge >= 0.3 is 5.76 Å². The van der Waals surface area contributed by atoms with Crippen molar-refractivity contribution < 1.29 is 4.42 Å². The monoisotopic (exact) mass is 276 g/mol. The van der Waals surface area contributed by atoms with E-state index in [1.54, 1.807) is 6.07 Å². The number of nitrogens with two attached hydrogens (primary N) is 1. The second-order valence-corrected chi connectivity index (χ2v) is 5.39. The zero-order chi connectivity index (χ0) is 14.1. The molecular weight excluding hydrogens is 256 g/mol. The van der Waals surface area contributed by atoms with Crippen molar-refractivity contribution in [2.75, 3.05) is 43.9 Å². The van der Waals surface area contributed by atoms with Crippen molar-refractivity contribution in [2.24, 2.45) is 0 Å². The van der Waals surface area contributed by atoms with Crippen LogP contribution >= 0.6 is 0 Å². The number of benzene rings is 1. The third kappa shape index (κ3) is 2.51. The first-order valence-corrected chi connectivity index (χ1v) is 6.99. The topological polar surface area (TPSA) is 78.5 Å². The van der Waals surface area contributed by atoms with Crippen LogP contribution in [0.5, 0.6) is 0 Å². The summed E-state index contributed by atoms with van der Waals surface area (Å²) >= 11 is 0. The van der Waals surface area contributed by atoms with Gasteiger partial charge in [0.1, 0.15) is 0 Å². The minimum atomic E-state index is -0.448. The second kappa shape index (κ2) is 5.20. The Hall–Kier alpha value is -1.95. The molecule has 1 aliphatic rings. The number of anilines is 2. The number of likely N-dealkylation sites (N-methyl/N-ethyl adjacent to an activating group) is 1. The number of aromatic amines is 1. The summed E-state index contributed by atoms with van der Waals surface area (Å²) in [5.74, 6) is -0.448. The number of hydrogen-bond donors (Lipinski definition) is 2. The number of nitrogens with zero attached hydrogens (tertiary/aromatic N) is 2. The van der Waals surface area contributed by atoms with E-state index in [1.807, 2.05) is 13.1 Å². The smallest absolute Gasteiger partial charge is 0.408 e. The van der Waals surface area contributed by atoms with Crippen LogP contribution in [0.3, 0.4) is 0 Å². The van der Waals surface area contributed by atoms with Crippen molar-refractivity contribution >= 4 is 22.5 Å². The van der Waals surface area contributed by atoms with Gasteiger partial charge in [-0.1, -0.05) is 0 Å². The van der Waals surface area contributed by atoms with Crippen LogP contribution in [0.15, 0.2) is 21.3 Å². The molecule has 0 atom stereocenters. The number of fused-ring (bicyclic) bond motifs is 1. The number of oxazole rings is 1. The van der Waals surface area contributed by atoms with Gasteiger partial charge in [0.25, 0.3) is 0 Å². The molecule has 1 saturated heterocycles. The maximum atomic E-state index is 11.2. The molecule has 3 rings (SSSR count). The molecule has 1 aliphatic heterocycles. The van der Waals surface area contributed by atoms with Crippen molar-refractivity contribution in [3.8, 4) is 0 Å². The Balaban J connectivity index is 1.77. The Morgan fingerprint density at radius 3 is 2.90 bits per heavy atom. The number of rotatable bonds is 4. The van der Waals surface area contributed by atoms with Gasteiger partial charge in [0, 0.05) is 26.2 Å². The highest BCUT2D eigenvalue weighted by atomic mass is 16.4. The largest absolute Gasteiger partial charge is 0.417 e. The quantitative estimate of drug-likeness (QED) is 0.821. The van der Waals surface area contributed by atoms with E-state index < -0.39 is 5.76 Å². The Morgan fingerprint density at radius 1 is 1.40 bits per heavy atom. The molecule has 108 valence electrons. The molecule has 6 heteroatoms. The summed E-state index contributed by atoms with van der Waals surface area (Å²) in [6.07, 6.45) is 2.60. The molecule has 2 heterocycles. The first kappa shape index (κ1) is 13.1. The number of hydrogen-bond acceptors (Lipinski definition) is 5. The van der Waals surface area contributed by atoms with Gasteiger partial charge in [0.05, 0.1) is 16.9 Å². The summed E-state index contributed by atoms with van der Waals surface area (Å²) < 4.78 is 5.01. The first-order chi connectivity index (χ1) is 9.63. The second-order valence-electron chi connectivity index (χ2n) is 5.39. The van der Waals surface area contributed by atoms with Crippen LogP contribution in [0.2, 0.25) is 0 Å². The predicted molar refractivity (Wildman–Crippen MR) is 80.2 cm³/mol. The van der Waals surface area contributed by atoms with Crippen LogP contribution in [0.1, 0.15) is 12.8 Å². The summed E-state index contributed by atoms with van der Waals surface area (Å²) in [5, 5.41) is 0. The van der Waals surface area contributed by atoms with Crippen LogP contribution in [0, 0.1) is 0 Å². The van der Waals surface area contributed by atoms with Gasteiger partial charge in [-0.3, -0.25) is 4.98 Å². The molecule has 0 amide bonds. The summed E-state index contributed by atoms with van der Waals surface area (Å²) in [5.41, 5.74) is 8.79. The van der Waals surface area contributed by atoms with E-state index in [0.717, 1.165) is 18.8 Å². The van der Waals surface area contributed by atoms with Crippen molar-refractivity contribution in [3.63, 3.8) is 0 Å². The van der Waals surface area contributed by atoms with E-state index in [-0.39, 0.29) is 0 Å². The van der Waals surface area contributed by atoms with Gasteiger partial charge in [0.2, 0.25) is 0 Å². The minimum Gasteiger partial charge on any atom is -0.408 e. The normalized spacial score (nSPS) is 16.1. The highest BCUT2D eigenvalue weighted by Crippen LogP contribution is 2.27. The predicted octanol–water partition coefficient (Wildman–Crippen LogP) is 1.24. The molecule has 1 fully saturated rings. The first-order valence-electron chi connectivity index (χ1n) is 6.99. The Kier molecular flexibility index (Phi) is 3.40.